The average molecular weight is 283 g/mol. The van der Waals surface area contributed by atoms with E-state index in [1.807, 2.05) is 6.20 Å². The average Bonchev–Trinajstić information content (AvgIpc) is 2.47. The first-order valence-corrected chi connectivity index (χ1v) is 7.53. The molecule has 1 N–H and O–H groups in total. The Hall–Kier alpha value is -1.87. The number of aryl methyl sites for hydroxylation is 2. The number of rotatable bonds is 5. The van der Waals surface area contributed by atoms with Crippen LogP contribution < -0.4 is 10.2 Å². The molecule has 1 heterocycles. The van der Waals surface area contributed by atoms with Gasteiger partial charge in [-0.05, 0) is 51.1 Å². The summed E-state index contributed by atoms with van der Waals surface area (Å²) < 4.78 is 0. The fraction of sp³-hybridized carbons (Fsp3) is 0.389. The van der Waals surface area contributed by atoms with Gasteiger partial charge in [0.2, 0.25) is 0 Å². The minimum absolute atomic E-state index is 0.287. The van der Waals surface area contributed by atoms with Gasteiger partial charge in [0, 0.05) is 18.8 Å². The quantitative estimate of drug-likeness (QED) is 0.894. The van der Waals surface area contributed by atoms with Crippen LogP contribution in [0.25, 0.3) is 0 Å². The molecule has 112 valence electrons. The summed E-state index contributed by atoms with van der Waals surface area (Å²) in [6.07, 6.45) is 1.95. The van der Waals surface area contributed by atoms with Gasteiger partial charge >= 0.3 is 0 Å². The zero-order chi connectivity index (χ0) is 15.4. The molecule has 2 rings (SSSR count). The molecular weight excluding hydrogens is 258 g/mol. The summed E-state index contributed by atoms with van der Waals surface area (Å²) in [4.78, 5) is 6.77. The molecule has 0 radical (unpaired) electrons. The maximum Gasteiger partial charge on any atom is 0.0594 e. The smallest absolute Gasteiger partial charge is 0.0594 e. The van der Waals surface area contributed by atoms with Gasteiger partial charge in [-0.3, -0.25) is 4.98 Å². The van der Waals surface area contributed by atoms with Crippen LogP contribution in [0.4, 0.5) is 11.4 Å². The molecule has 0 bridgehead atoms. The molecule has 0 saturated heterocycles. The third kappa shape index (κ3) is 3.61. The van der Waals surface area contributed by atoms with Crippen molar-refractivity contribution in [1.82, 2.24) is 10.3 Å². The lowest BCUT2D eigenvalue weighted by atomic mass is 10.1. The van der Waals surface area contributed by atoms with E-state index in [4.69, 9.17) is 0 Å². The summed E-state index contributed by atoms with van der Waals surface area (Å²) in [5, 5.41) is 3.38. The van der Waals surface area contributed by atoms with E-state index in [1.54, 1.807) is 0 Å². The Morgan fingerprint density at radius 1 is 1.19 bits per heavy atom. The first-order valence-electron chi connectivity index (χ1n) is 7.53. The predicted molar refractivity (Wildman–Crippen MR) is 90.3 cm³/mol. The van der Waals surface area contributed by atoms with Crippen molar-refractivity contribution < 1.29 is 0 Å². The van der Waals surface area contributed by atoms with Crippen LogP contribution in [0.3, 0.4) is 0 Å². The minimum atomic E-state index is 0.287. The van der Waals surface area contributed by atoms with Gasteiger partial charge in [-0.2, -0.15) is 0 Å². The van der Waals surface area contributed by atoms with Crippen LogP contribution in [-0.2, 0) is 0 Å². The molecule has 0 spiro atoms. The summed E-state index contributed by atoms with van der Waals surface area (Å²) >= 11 is 0. The van der Waals surface area contributed by atoms with E-state index in [0.717, 1.165) is 17.9 Å². The molecule has 1 aromatic heterocycles. The fourth-order valence-corrected chi connectivity index (χ4v) is 2.58. The van der Waals surface area contributed by atoms with E-state index in [9.17, 15) is 0 Å². The van der Waals surface area contributed by atoms with Crippen molar-refractivity contribution in [2.24, 2.45) is 0 Å². The van der Waals surface area contributed by atoms with Crippen LogP contribution in [0, 0.1) is 13.8 Å². The highest BCUT2D eigenvalue weighted by molar-refractivity contribution is 5.65. The van der Waals surface area contributed by atoms with Crippen LogP contribution in [0.2, 0.25) is 0 Å². The first kappa shape index (κ1) is 15.5. The van der Waals surface area contributed by atoms with Gasteiger partial charge in [0.1, 0.15) is 0 Å². The van der Waals surface area contributed by atoms with E-state index in [-0.39, 0.29) is 6.04 Å². The lowest BCUT2D eigenvalue weighted by Crippen LogP contribution is -2.19. The molecule has 1 aromatic carbocycles. The van der Waals surface area contributed by atoms with E-state index < -0.39 is 0 Å². The molecule has 0 aliphatic rings. The Balaban J connectivity index is 2.21. The maximum absolute atomic E-state index is 4.59. The highest BCUT2D eigenvalue weighted by Gasteiger charge is 2.09. The Morgan fingerprint density at radius 2 is 1.95 bits per heavy atom. The summed E-state index contributed by atoms with van der Waals surface area (Å²) in [7, 11) is 2.09. The van der Waals surface area contributed by atoms with Crippen molar-refractivity contribution in [3.8, 4) is 0 Å². The van der Waals surface area contributed by atoms with Crippen molar-refractivity contribution in [3.63, 3.8) is 0 Å². The molecule has 3 nitrogen and oxygen atoms in total. The van der Waals surface area contributed by atoms with Gasteiger partial charge < -0.3 is 10.2 Å². The normalized spacial score (nSPS) is 12.2. The van der Waals surface area contributed by atoms with Gasteiger partial charge in [-0.25, -0.2) is 0 Å². The van der Waals surface area contributed by atoms with Gasteiger partial charge in [-0.15, -0.1) is 0 Å². The van der Waals surface area contributed by atoms with Gasteiger partial charge in [0.15, 0.2) is 0 Å². The van der Waals surface area contributed by atoms with Crippen molar-refractivity contribution in [3.05, 3.63) is 53.3 Å². The Bertz CT molecular complexity index is 590. The lowest BCUT2D eigenvalue weighted by molar-refractivity contribution is 0.583. The molecule has 21 heavy (non-hydrogen) atoms. The molecule has 2 aromatic rings. The van der Waals surface area contributed by atoms with Crippen molar-refractivity contribution >= 4 is 11.4 Å². The summed E-state index contributed by atoms with van der Waals surface area (Å²) in [6, 6.07) is 11.0. The number of benzene rings is 1. The Kier molecular flexibility index (Phi) is 4.97. The molecule has 1 atom stereocenters. The van der Waals surface area contributed by atoms with E-state index in [2.05, 4.69) is 80.3 Å². The van der Waals surface area contributed by atoms with Gasteiger partial charge in [0.05, 0.1) is 17.6 Å². The van der Waals surface area contributed by atoms with Crippen molar-refractivity contribution in [1.29, 1.82) is 0 Å². The third-order valence-corrected chi connectivity index (χ3v) is 3.83. The maximum atomic E-state index is 4.59. The molecular formula is C18H25N3. The molecule has 0 fully saturated rings. The molecule has 0 aliphatic heterocycles. The van der Waals surface area contributed by atoms with E-state index in [0.29, 0.717) is 0 Å². The molecule has 0 aliphatic carbocycles. The number of nitrogens with zero attached hydrogens (tertiary/aromatic N) is 2. The largest absolute Gasteiger partial charge is 0.343 e. The Labute approximate surface area is 128 Å². The minimum Gasteiger partial charge on any atom is -0.343 e. The van der Waals surface area contributed by atoms with Crippen LogP contribution in [0.1, 0.15) is 36.7 Å². The molecule has 0 saturated carbocycles. The van der Waals surface area contributed by atoms with Crippen LogP contribution >= 0.6 is 0 Å². The topological polar surface area (TPSA) is 28.2 Å². The second kappa shape index (κ2) is 6.72. The van der Waals surface area contributed by atoms with Gasteiger partial charge in [-0.1, -0.05) is 24.6 Å². The first-order chi connectivity index (χ1) is 10.0. The molecule has 3 heteroatoms. The zero-order valence-electron chi connectivity index (χ0n) is 13.6. The standard InChI is InChI=1S/C18H25N3/c1-6-19-15(4)17-9-8-16(12-20-17)21(5)18-10-7-13(2)11-14(18)3/h7-12,15,19H,6H2,1-5H3. The number of hydrogen-bond acceptors (Lipinski definition) is 3. The third-order valence-electron chi connectivity index (χ3n) is 3.83. The fourth-order valence-electron chi connectivity index (χ4n) is 2.58. The van der Waals surface area contributed by atoms with E-state index in [1.165, 1.54) is 16.8 Å². The zero-order valence-corrected chi connectivity index (χ0v) is 13.6. The number of hydrogen-bond donors (Lipinski definition) is 1. The highest BCUT2D eigenvalue weighted by Crippen LogP contribution is 2.27. The van der Waals surface area contributed by atoms with Crippen LogP contribution in [-0.4, -0.2) is 18.6 Å². The lowest BCUT2D eigenvalue weighted by Gasteiger charge is -2.22. The molecule has 0 amide bonds. The number of aromatic nitrogens is 1. The summed E-state index contributed by atoms with van der Waals surface area (Å²) in [6.45, 7) is 9.47. The number of pyridine rings is 1. The van der Waals surface area contributed by atoms with Gasteiger partial charge in [0.25, 0.3) is 0 Å². The number of anilines is 2. The number of nitrogens with one attached hydrogen (secondary N) is 1. The summed E-state index contributed by atoms with van der Waals surface area (Å²) in [5.41, 5.74) is 5.97. The monoisotopic (exact) mass is 283 g/mol. The van der Waals surface area contributed by atoms with Crippen LogP contribution in [0.5, 0.6) is 0 Å². The summed E-state index contributed by atoms with van der Waals surface area (Å²) in [5.74, 6) is 0. The van der Waals surface area contributed by atoms with E-state index >= 15 is 0 Å². The SMILES string of the molecule is CCNC(C)c1ccc(N(C)c2ccc(C)cc2C)cn1. The Morgan fingerprint density at radius 3 is 2.52 bits per heavy atom. The van der Waals surface area contributed by atoms with Crippen molar-refractivity contribution in [2.45, 2.75) is 33.7 Å². The second-order valence-electron chi connectivity index (χ2n) is 5.57. The van der Waals surface area contributed by atoms with Crippen molar-refractivity contribution in [2.75, 3.05) is 18.5 Å². The second-order valence-corrected chi connectivity index (χ2v) is 5.57. The molecule has 1 unspecified atom stereocenters. The highest BCUT2D eigenvalue weighted by atomic mass is 15.1. The van der Waals surface area contributed by atoms with Crippen LogP contribution in [0.15, 0.2) is 36.5 Å². The predicted octanol–water partition coefficient (Wildman–Crippen LogP) is 4.14.